The van der Waals surface area contributed by atoms with Gasteiger partial charge in [0.15, 0.2) is 5.92 Å². The summed E-state index contributed by atoms with van der Waals surface area (Å²) in [5, 5.41) is 2.29. The first-order chi connectivity index (χ1) is 6.30. The number of hydrogen-bond acceptors (Lipinski definition) is 3. The lowest BCUT2D eigenvalue weighted by atomic mass is 9.89. The number of amides is 3. The molecule has 14 heavy (non-hydrogen) atoms. The predicted octanol–water partition coefficient (Wildman–Crippen LogP) is -0.484. The van der Waals surface area contributed by atoms with Crippen molar-refractivity contribution in [3.8, 4) is 0 Å². The van der Waals surface area contributed by atoms with Gasteiger partial charge in [-0.15, -0.1) is 0 Å². The minimum atomic E-state index is -1.13. The van der Waals surface area contributed by atoms with Crippen LogP contribution in [0.2, 0.25) is 0 Å². The average Bonchev–Trinajstić information content (AvgIpc) is 2.01. The van der Waals surface area contributed by atoms with E-state index in [1.54, 1.807) is 20.8 Å². The number of hydrogen-bond donors (Lipinski definition) is 1. The minimum absolute atomic E-state index is 0.415. The summed E-state index contributed by atoms with van der Waals surface area (Å²) in [6, 6.07) is 0. The molecule has 0 spiro atoms. The summed E-state index contributed by atoms with van der Waals surface area (Å²) >= 11 is 0. The van der Waals surface area contributed by atoms with Crippen LogP contribution in [0.5, 0.6) is 0 Å². The van der Waals surface area contributed by atoms with Crippen LogP contribution in [0.4, 0.5) is 0 Å². The van der Waals surface area contributed by atoms with E-state index in [4.69, 9.17) is 0 Å². The van der Waals surface area contributed by atoms with Crippen molar-refractivity contribution in [2.45, 2.75) is 26.3 Å². The molecule has 1 aliphatic heterocycles. The second-order valence-electron chi connectivity index (χ2n) is 4.23. The molecular weight excluding hydrogens is 184 g/mol. The summed E-state index contributed by atoms with van der Waals surface area (Å²) in [6.45, 7) is 5.26. The molecule has 78 valence electrons. The van der Waals surface area contributed by atoms with Gasteiger partial charge in [0.2, 0.25) is 5.91 Å². The number of nitrogens with zero attached hydrogens (tertiary/aromatic N) is 1. The molecule has 1 aliphatic rings. The Kier molecular flexibility index (Phi) is 2.35. The Morgan fingerprint density at radius 3 is 2.00 bits per heavy atom. The fraction of sp³-hybridized carbons (Fsp3) is 0.667. The molecule has 3 amide bonds. The zero-order valence-corrected chi connectivity index (χ0v) is 8.75. The molecule has 0 bridgehead atoms. The molecule has 0 aromatic carbocycles. The van der Waals surface area contributed by atoms with E-state index in [0.717, 1.165) is 4.90 Å². The van der Waals surface area contributed by atoms with Crippen LogP contribution in [0.15, 0.2) is 0 Å². The number of imide groups is 1. The van der Waals surface area contributed by atoms with Gasteiger partial charge in [-0.1, -0.05) is 0 Å². The maximum absolute atomic E-state index is 11.5. The van der Waals surface area contributed by atoms with Crippen LogP contribution in [0.25, 0.3) is 0 Å². The van der Waals surface area contributed by atoms with Crippen molar-refractivity contribution in [2.75, 3.05) is 7.05 Å². The minimum Gasteiger partial charge on any atom is -0.358 e. The maximum Gasteiger partial charge on any atom is 0.251 e. The fourth-order valence-corrected chi connectivity index (χ4v) is 1.44. The number of nitrogens with one attached hydrogen (secondary N) is 1. The van der Waals surface area contributed by atoms with E-state index in [2.05, 4.69) is 5.32 Å². The molecule has 0 aromatic rings. The largest absolute Gasteiger partial charge is 0.358 e. The molecule has 1 saturated heterocycles. The second kappa shape index (κ2) is 3.08. The molecular formula is C9H14N2O3. The highest BCUT2D eigenvalue weighted by Crippen LogP contribution is 2.28. The van der Waals surface area contributed by atoms with Crippen molar-refractivity contribution >= 4 is 17.7 Å². The number of carbonyl (C=O) groups excluding carboxylic acids is 3. The average molecular weight is 198 g/mol. The SMILES string of the molecule is CNC(=O)C1C(=O)N(C(C)(C)C)C1=O. The molecule has 0 unspecified atom stereocenters. The first kappa shape index (κ1) is 10.7. The number of carbonyl (C=O) groups is 3. The van der Waals surface area contributed by atoms with Gasteiger partial charge in [0.1, 0.15) is 0 Å². The topological polar surface area (TPSA) is 66.5 Å². The first-order valence-electron chi connectivity index (χ1n) is 4.40. The van der Waals surface area contributed by atoms with Crippen LogP contribution in [0, 0.1) is 5.92 Å². The van der Waals surface area contributed by atoms with E-state index in [1.165, 1.54) is 7.05 Å². The lowest BCUT2D eigenvalue weighted by Gasteiger charge is -2.43. The smallest absolute Gasteiger partial charge is 0.251 e. The predicted molar refractivity (Wildman–Crippen MR) is 49.2 cm³/mol. The van der Waals surface area contributed by atoms with Gasteiger partial charge in [0, 0.05) is 12.6 Å². The highest BCUT2D eigenvalue weighted by atomic mass is 16.2. The third-order valence-electron chi connectivity index (χ3n) is 2.11. The van der Waals surface area contributed by atoms with E-state index in [9.17, 15) is 14.4 Å². The highest BCUT2D eigenvalue weighted by molar-refractivity contribution is 6.29. The summed E-state index contributed by atoms with van der Waals surface area (Å²) in [5.41, 5.74) is -0.543. The van der Waals surface area contributed by atoms with Gasteiger partial charge < -0.3 is 5.32 Å². The van der Waals surface area contributed by atoms with Gasteiger partial charge in [-0.05, 0) is 20.8 Å². The van der Waals surface area contributed by atoms with Crippen molar-refractivity contribution in [1.29, 1.82) is 0 Å². The van der Waals surface area contributed by atoms with E-state index in [1.807, 2.05) is 0 Å². The Balaban J connectivity index is 2.82. The molecule has 1 N–H and O–H groups in total. The molecule has 0 aromatic heterocycles. The Morgan fingerprint density at radius 2 is 1.71 bits per heavy atom. The van der Waals surface area contributed by atoms with E-state index in [0.29, 0.717) is 0 Å². The van der Waals surface area contributed by atoms with Gasteiger partial charge in [0.25, 0.3) is 11.8 Å². The van der Waals surface area contributed by atoms with E-state index >= 15 is 0 Å². The zero-order valence-electron chi connectivity index (χ0n) is 8.75. The Bertz CT molecular complexity index is 288. The number of likely N-dealkylation sites (tertiary alicyclic amines) is 1. The molecule has 0 radical (unpaired) electrons. The van der Waals surface area contributed by atoms with E-state index < -0.39 is 29.2 Å². The van der Waals surface area contributed by atoms with Crippen molar-refractivity contribution in [1.82, 2.24) is 10.2 Å². The molecule has 0 saturated carbocycles. The Morgan fingerprint density at radius 1 is 1.29 bits per heavy atom. The Hall–Kier alpha value is -1.39. The molecule has 1 heterocycles. The van der Waals surface area contributed by atoms with Gasteiger partial charge in [0.05, 0.1) is 0 Å². The van der Waals surface area contributed by atoms with Crippen molar-refractivity contribution in [3.05, 3.63) is 0 Å². The highest BCUT2D eigenvalue weighted by Gasteiger charge is 2.54. The summed E-state index contributed by atoms with van der Waals surface area (Å²) in [6.07, 6.45) is 0. The normalized spacial score (nSPS) is 18.1. The van der Waals surface area contributed by atoms with Crippen LogP contribution >= 0.6 is 0 Å². The lowest BCUT2D eigenvalue weighted by Crippen LogP contribution is -2.67. The molecule has 1 fully saturated rings. The number of β-lactam (4-membered cyclic amide) rings is 2. The second-order valence-corrected chi connectivity index (χ2v) is 4.23. The maximum atomic E-state index is 11.5. The molecule has 0 aliphatic carbocycles. The third-order valence-corrected chi connectivity index (χ3v) is 2.11. The fourth-order valence-electron chi connectivity index (χ4n) is 1.44. The summed E-state index contributed by atoms with van der Waals surface area (Å²) in [7, 11) is 1.41. The van der Waals surface area contributed by atoms with Gasteiger partial charge in [-0.3, -0.25) is 19.3 Å². The van der Waals surface area contributed by atoms with Gasteiger partial charge in [-0.25, -0.2) is 0 Å². The van der Waals surface area contributed by atoms with Crippen LogP contribution in [0.1, 0.15) is 20.8 Å². The lowest BCUT2D eigenvalue weighted by molar-refractivity contribution is -0.174. The van der Waals surface area contributed by atoms with Crippen molar-refractivity contribution in [3.63, 3.8) is 0 Å². The molecule has 1 rings (SSSR count). The van der Waals surface area contributed by atoms with Crippen molar-refractivity contribution in [2.24, 2.45) is 5.92 Å². The van der Waals surface area contributed by atoms with Crippen LogP contribution in [0.3, 0.4) is 0 Å². The standard InChI is InChI=1S/C9H14N2O3/c1-9(2,3)11-7(13)5(8(11)14)6(12)10-4/h5H,1-4H3,(H,10,12). The summed E-state index contributed by atoms with van der Waals surface area (Å²) < 4.78 is 0. The first-order valence-corrected chi connectivity index (χ1v) is 4.40. The Labute approximate surface area is 82.4 Å². The monoisotopic (exact) mass is 198 g/mol. The zero-order chi connectivity index (χ0) is 11.1. The van der Waals surface area contributed by atoms with E-state index in [-0.39, 0.29) is 0 Å². The van der Waals surface area contributed by atoms with Crippen LogP contribution < -0.4 is 5.32 Å². The van der Waals surface area contributed by atoms with Crippen LogP contribution in [-0.2, 0) is 14.4 Å². The quantitative estimate of drug-likeness (QED) is 0.457. The van der Waals surface area contributed by atoms with Gasteiger partial charge in [-0.2, -0.15) is 0 Å². The molecule has 5 nitrogen and oxygen atoms in total. The van der Waals surface area contributed by atoms with Gasteiger partial charge >= 0.3 is 0 Å². The summed E-state index contributed by atoms with van der Waals surface area (Å²) in [4.78, 5) is 35.2. The molecule has 5 heteroatoms. The molecule has 0 atom stereocenters. The number of rotatable bonds is 1. The van der Waals surface area contributed by atoms with Crippen LogP contribution in [-0.4, -0.2) is 35.2 Å². The third kappa shape index (κ3) is 1.38. The summed E-state index contributed by atoms with van der Waals surface area (Å²) in [5.74, 6) is -2.48. The van der Waals surface area contributed by atoms with Crippen molar-refractivity contribution < 1.29 is 14.4 Å².